The quantitative estimate of drug-likeness (QED) is 0.308. The molecule has 0 spiro atoms. The molecule has 202 valence electrons. The molecule has 0 fully saturated rings. The molecule has 1 atom stereocenters. The standard InChI is InChI=1S/C29H28ClFN4O3S/c1-29(2,3)27-25-26(19-10-4-6-12-21(19)31)39-17-24(37)34(16-23(36)32-15-18-9-8-14-38-18)28(25)35(33-27)22-13-7-5-11-20(22)30/h4-14,26H,15-17H2,1-3H3,(H,32,36)/t26-/m0/s1. The summed E-state index contributed by atoms with van der Waals surface area (Å²) < 4.78 is 22.2. The van der Waals surface area contributed by atoms with Gasteiger partial charge in [-0.25, -0.2) is 9.07 Å². The molecule has 0 saturated carbocycles. The fraction of sp³-hybridized carbons (Fsp3) is 0.276. The maximum atomic E-state index is 15.2. The van der Waals surface area contributed by atoms with Crippen LogP contribution in [-0.4, -0.2) is 33.9 Å². The van der Waals surface area contributed by atoms with Crippen molar-refractivity contribution in [3.63, 3.8) is 0 Å². The van der Waals surface area contributed by atoms with E-state index in [0.717, 1.165) is 0 Å². The van der Waals surface area contributed by atoms with Gasteiger partial charge in [0.1, 0.15) is 23.9 Å². The van der Waals surface area contributed by atoms with Gasteiger partial charge < -0.3 is 9.73 Å². The molecule has 0 radical (unpaired) electrons. The Morgan fingerprint density at radius 1 is 1.15 bits per heavy atom. The molecule has 2 aromatic carbocycles. The van der Waals surface area contributed by atoms with Gasteiger partial charge in [0.05, 0.1) is 40.2 Å². The fourth-order valence-corrected chi connectivity index (χ4v) is 6.03. The molecule has 0 bridgehead atoms. The van der Waals surface area contributed by atoms with Gasteiger partial charge in [-0.05, 0) is 30.3 Å². The second-order valence-electron chi connectivity index (χ2n) is 10.2. The summed E-state index contributed by atoms with van der Waals surface area (Å²) in [6.45, 7) is 5.98. The number of anilines is 1. The van der Waals surface area contributed by atoms with E-state index < -0.39 is 10.7 Å². The number of amides is 2. The van der Waals surface area contributed by atoms with Crippen LogP contribution in [0.2, 0.25) is 5.02 Å². The highest BCUT2D eigenvalue weighted by Gasteiger charge is 2.40. The third-order valence-corrected chi connectivity index (χ3v) is 7.97. The number of carbonyl (C=O) groups is 2. The van der Waals surface area contributed by atoms with Crippen molar-refractivity contribution in [2.24, 2.45) is 0 Å². The first-order valence-corrected chi connectivity index (χ1v) is 13.9. The summed E-state index contributed by atoms with van der Waals surface area (Å²) in [5.41, 5.74) is 1.90. The predicted octanol–water partition coefficient (Wildman–Crippen LogP) is 6.04. The van der Waals surface area contributed by atoms with Gasteiger partial charge in [0.25, 0.3) is 0 Å². The summed E-state index contributed by atoms with van der Waals surface area (Å²) in [6.07, 6.45) is 1.53. The van der Waals surface area contributed by atoms with Crippen LogP contribution in [0.15, 0.2) is 71.3 Å². The van der Waals surface area contributed by atoms with Crippen LogP contribution in [-0.2, 0) is 21.5 Å². The van der Waals surface area contributed by atoms with E-state index in [9.17, 15) is 9.59 Å². The first kappa shape index (κ1) is 27.0. The molecule has 0 aliphatic carbocycles. The number of hydrogen-bond donors (Lipinski definition) is 1. The predicted molar refractivity (Wildman–Crippen MR) is 151 cm³/mol. The highest BCUT2D eigenvalue weighted by Crippen LogP contribution is 2.49. The van der Waals surface area contributed by atoms with Crippen molar-refractivity contribution in [1.82, 2.24) is 15.1 Å². The normalized spacial score (nSPS) is 15.7. The molecular weight excluding hydrogens is 539 g/mol. The zero-order valence-corrected chi connectivity index (χ0v) is 23.4. The van der Waals surface area contributed by atoms with Crippen LogP contribution in [0.25, 0.3) is 5.69 Å². The molecule has 0 saturated heterocycles. The molecule has 10 heteroatoms. The first-order valence-electron chi connectivity index (χ1n) is 12.5. The maximum absolute atomic E-state index is 15.2. The number of para-hydroxylation sites is 1. The number of fused-ring (bicyclic) bond motifs is 1. The van der Waals surface area contributed by atoms with Crippen LogP contribution in [0.4, 0.5) is 10.2 Å². The van der Waals surface area contributed by atoms with Crippen LogP contribution in [0.1, 0.15) is 48.6 Å². The van der Waals surface area contributed by atoms with E-state index in [1.165, 1.54) is 29.0 Å². The van der Waals surface area contributed by atoms with Crippen LogP contribution in [0, 0.1) is 5.82 Å². The van der Waals surface area contributed by atoms with Gasteiger partial charge in [0, 0.05) is 16.5 Å². The number of carbonyl (C=O) groups excluding carboxylic acids is 2. The lowest BCUT2D eigenvalue weighted by atomic mass is 9.87. The lowest BCUT2D eigenvalue weighted by Gasteiger charge is -2.24. The third kappa shape index (κ3) is 5.46. The third-order valence-electron chi connectivity index (χ3n) is 6.41. The molecule has 1 aliphatic heterocycles. The number of benzene rings is 2. The lowest BCUT2D eigenvalue weighted by molar-refractivity contribution is -0.123. The summed E-state index contributed by atoms with van der Waals surface area (Å²) in [7, 11) is 0. The van der Waals surface area contributed by atoms with Gasteiger partial charge in [-0.15, -0.1) is 11.8 Å². The number of rotatable bonds is 6. The number of nitrogens with zero attached hydrogens (tertiary/aromatic N) is 3. The second kappa shape index (κ2) is 10.9. The first-order chi connectivity index (χ1) is 18.6. The SMILES string of the molecule is CC(C)(C)c1nn(-c2ccccc2Cl)c2c1[C@H](c1ccccc1F)SCC(=O)N2CC(=O)NCc1ccco1. The average molecular weight is 567 g/mol. The molecular formula is C29H28ClFN4O3S. The molecule has 5 rings (SSSR count). The Bertz CT molecular complexity index is 1510. The molecule has 0 unspecified atom stereocenters. The van der Waals surface area contributed by atoms with Crippen LogP contribution < -0.4 is 10.2 Å². The largest absolute Gasteiger partial charge is 0.467 e. The minimum Gasteiger partial charge on any atom is -0.467 e. The number of nitrogens with one attached hydrogen (secondary N) is 1. The maximum Gasteiger partial charge on any atom is 0.240 e. The summed E-state index contributed by atoms with van der Waals surface area (Å²) in [6, 6.07) is 17.2. The zero-order chi connectivity index (χ0) is 27.7. The summed E-state index contributed by atoms with van der Waals surface area (Å²) in [5, 5.41) is 7.68. The molecule has 1 aliphatic rings. The van der Waals surface area contributed by atoms with Gasteiger partial charge in [-0.1, -0.05) is 62.7 Å². The Morgan fingerprint density at radius 2 is 1.90 bits per heavy atom. The lowest BCUT2D eigenvalue weighted by Crippen LogP contribution is -2.42. The molecule has 39 heavy (non-hydrogen) atoms. The second-order valence-corrected chi connectivity index (χ2v) is 11.7. The van der Waals surface area contributed by atoms with Gasteiger partial charge >= 0.3 is 0 Å². The number of hydrogen-bond acceptors (Lipinski definition) is 5. The summed E-state index contributed by atoms with van der Waals surface area (Å²) >= 11 is 7.94. The average Bonchev–Trinajstić information content (AvgIpc) is 3.53. The molecule has 4 aromatic rings. The topological polar surface area (TPSA) is 80.4 Å². The number of thioether (sulfide) groups is 1. The molecule has 1 N–H and O–H groups in total. The van der Waals surface area contributed by atoms with Crippen molar-refractivity contribution in [1.29, 1.82) is 0 Å². The summed E-state index contributed by atoms with van der Waals surface area (Å²) in [4.78, 5) is 28.2. The van der Waals surface area contributed by atoms with Gasteiger partial charge in [-0.3, -0.25) is 14.5 Å². The van der Waals surface area contributed by atoms with E-state index in [2.05, 4.69) is 5.32 Å². The summed E-state index contributed by atoms with van der Waals surface area (Å²) in [5.74, 6) is 0.0159. The monoisotopic (exact) mass is 566 g/mol. The molecule has 7 nitrogen and oxygen atoms in total. The van der Waals surface area contributed by atoms with Crippen LogP contribution in [0.5, 0.6) is 0 Å². The molecule has 2 aromatic heterocycles. The molecule has 2 amide bonds. The number of furan rings is 1. The smallest absolute Gasteiger partial charge is 0.240 e. The van der Waals surface area contributed by atoms with Gasteiger partial charge in [-0.2, -0.15) is 5.10 Å². The number of halogens is 2. The van der Waals surface area contributed by atoms with E-state index in [1.807, 2.05) is 32.9 Å². The van der Waals surface area contributed by atoms with Crippen molar-refractivity contribution in [3.8, 4) is 5.69 Å². The van der Waals surface area contributed by atoms with E-state index in [-0.39, 0.29) is 36.5 Å². The Hall–Kier alpha value is -3.56. The Morgan fingerprint density at radius 3 is 2.59 bits per heavy atom. The van der Waals surface area contributed by atoms with Crippen molar-refractivity contribution in [3.05, 3.63) is 100 Å². The number of aromatic nitrogens is 2. The van der Waals surface area contributed by atoms with E-state index in [1.54, 1.807) is 47.1 Å². The van der Waals surface area contributed by atoms with Crippen LogP contribution >= 0.6 is 23.4 Å². The molecule has 3 heterocycles. The highest BCUT2D eigenvalue weighted by atomic mass is 35.5. The van der Waals surface area contributed by atoms with Crippen molar-refractivity contribution >= 4 is 41.0 Å². The van der Waals surface area contributed by atoms with Crippen molar-refractivity contribution in [2.75, 3.05) is 17.2 Å². The zero-order valence-electron chi connectivity index (χ0n) is 21.8. The van der Waals surface area contributed by atoms with E-state index in [0.29, 0.717) is 39.1 Å². The fourth-order valence-electron chi connectivity index (χ4n) is 4.60. The Balaban J connectivity index is 1.70. The van der Waals surface area contributed by atoms with E-state index >= 15 is 4.39 Å². The highest BCUT2D eigenvalue weighted by molar-refractivity contribution is 8.00. The minimum absolute atomic E-state index is 0.0469. The van der Waals surface area contributed by atoms with Gasteiger partial charge in [0.2, 0.25) is 11.8 Å². The van der Waals surface area contributed by atoms with E-state index in [4.69, 9.17) is 21.1 Å². The van der Waals surface area contributed by atoms with Gasteiger partial charge in [0.15, 0.2) is 0 Å². The minimum atomic E-state index is -0.535. The van der Waals surface area contributed by atoms with Crippen LogP contribution in [0.3, 0.4) is 0 Å². The Labute approximate surface area is 235 Å². The van der Waals surface area contributed by atoms with Crippen molar-refractivity contribution < 1.29 is 18.4 Å². The van der Waals surface area contributed by atoms with Crippen molar-refractivity contribution in [2.45, 2.75) is 38.0 Å². The Kier molecular flexibility index (Phi) is 7.55.